The molecule has 5 heteroatoms. The van der Waals surface area contributed by atoms with Crippen molar-refractivity contribution in [2.45, 2.75) is 88.8 Å². The SMILES string of the molecule is C#CC(=O)N1C(c2ccc(OC34CC5CC(CC(C5)C3)C4)cc2)c2cc(F)c(F)cc2C[C@@H]1CCCC. The quantitative estimate of drug-likeness (QED) is 0.398. The fourth-order valence-electron chi connectivity index (χ4n) is 8.25. The molecule has 4 fully saturated rings. The minimum atomic E-state index is -0.911. The van der Waals surface area contributed by atoms with Crippen LogP contribution in [0.25, 0.3) is 0 Å². The molecule has 4 saturated carbocycles. The van der Waals surface area contributed by atoms with Crippen molar-refractivity contribution in [3.05, 3.63) is 64.7 Å². The second-order valence-electron chi connectivity index (χ2n) is 12.0. The Labute approximate surface area is 218 Å². The van der Waals surface area contributed by atoms with Crippen molar-refractivity contribution in [1.82, 2.24) is 4.90 Å². The van der Waals surface area contributed by atoms with Crippen LogP contribution >= 0.6 is 0 Å². The smallest absolute Gasteiger partial charge is 0.299 e. The van der Waals surface area contributed by atoms with Gasteiger partial charge in [-0.3, -0.25) is 4.79 Å². The summed E-state index contributed by atoms with van der Waals surface area (Å²) in [6, 6.07) is 9.66. The minimum Gasteiger partial charge on any atom is -0.487 e. The Balaban J connectivity index is 1.34. The molecule has 1 heterocycles. The van der Waals surface area contributed by atoms with E-state index in [0.717, 1.165) is 73.2 Å². The number of amides is 1. The van der Waals surface area contributed by atoms with Gasteiger partial charge in [-0.05, 0) is 116 Å². The maximum atomic E-state index is 14.4. The van der Waals surface area contributed by atoms with Crippen molar-refractivity contribution >= 4 is 5.91 Å². The van der Waals surface area contributed by atoms with Crippen molar-refractivity contribution in [2.75, 3.05) is 0 Å². The van der Waals surface area contributed by atoms with Gasteiger partial charge in [-0.15, -0.1) is 6.42 Å². The number of carbonyl (C=O) groups excluding carboxylic acids is 1. The van der Waals surface area contributed by atoms with Crippen LogP contribution in [0, 0.1) is 41.7 Å². The van der Waals surface area contributed by atoms with Gasteiger partial charge in [0.25, 0.3) is 5.91 Å². The Kier molecular flexibility index (Phi) is 6.25. The summed E-state index contributed by atoms with van der Waals surface area (Å²) in [5.41, 5.74) is 2.12. The number of rotatable bonds is 6. The summed E-state index contributed by atoms with van der Waals surface area (Å²) in [5.74, 6) is 3.32. The number of fused-ring (bicyclic) bond motifs is 1. The van der Waals surface area contributed by atoms with Gasteiger partial charge in [0.15, 0.2) is 11.6 Å². The number of unbranched alkanes of at least 4 members (excludes halogenated alkanes) is 1. The molecule has 1 amide bonds. The van der Waals surface area contributed by atoms with Gasteiger partial charge in [-0.2, -0.15) is 0 Å². The fourth-order valence-corrected chi connectivity index (χ4v) is 8.25. The van der Waals surface area contributed by atoms with Crippen LogP contribution in [0.4, 0.5) is 8.78 Å². The molecule has 2 atom stereocenters. The average Bonchev–Trinajstić information content (AvgIpc) is 2.86. The number of hydrogen-bond acceptors (Lipinski definition) is 2. The molecular formula is C32H35F2NO2. The van der Waals surface area contributed by atoms with Crippen molar-refractivity contribution in [2.24, 2.45) is 17.8 Å². The van der Waals surface area contributed by atoms with Gasteiger partial charge in [0.1, 0.15) is 11.4 Å². The van der Waals surface area contributed by atoms with E-state index in [1.54, 1.807) is 4.90 Å². The Morgan fingerprint density at radius 1 is 1.05 bits per heavy atom. The lowest BCUT2D eigenvalue weighted by atomic mass is 9.54. The Hall–Kier alpha value is -2.87. The average molecular weight is 504 g/mol. The lowest BCUT2D eigenvalue weighted by Crippen LogP contribution is -2.53. The first kappa shape index (κ1) is 24.5. The third-order valence-electron chi connectivity index (χ3n) is 9.36. The van der Waals surface area contributed by atoms with Crippen molar-refractivity contribution in [1.29, 1.82) is 0 Å². The molecule has 4 bridgehead atoms. The van der Waals surface area contributed by atoms with Gasteiger partial charge >= 0.3 is 0 Å². The van der Waals surface area contributed by atoms with Crippen LogP contribution in [0.2, 0.25) is 0 Å². The zero-order valence-corrected chi connectivity index (χ0v) is 21.5. The maximum absolute atomic E-state index is 14.4. The summed E-state index contributed by atoms with van der Waals surface area (Å²) in [4.78, 5) is 14.8. The summed E-state index contributed by atoms with van der Waals surface area (Å²) in [5, 5.41) is 0. The molecule has 5 aliphatic rings. The van der Waals surface area contributed by atoms with Gasteiger partial charge in [0.2, 0.25) is 0 Å². The summed E-state index contributed by atoms with van der Waals surface area (Å²) < 4.78 is 35.4. The van der Waals surface area contributed by atoms with Crippen LogP contribution in [-0.4, -0.2) is 22.4 Å². The highest BCUT2D eigenvalue weighted by atomic mass is 19.2. The second-order valence-corrected chi connectivity index (χ2v) is 12.0. The lowest BCUT2D eigenvalue weighted by molar-refractivity contribution is -0.130. The topological polar surface area (TPSA) is 29.5 Å². The van der Waals surface area contributed by atoms with Crippen LogP contribution < -0.4 is 4.74 Å². The van der Waals surface area contributed by atoms with E-state index < -0.39 is 23.6 Å². The predicted molar refractivity (Wildman–Crippen MR) is 139 cm³/mol. The largest absolute Gasteiger partial charge is 0.487 e. The van der Waals surface area contributed by atoms with E-state index in [1.807, 2.05) is 24.3 Å². The Bertz CT molecular complexity index is 1200. The van der Waals surface area contributed by atoms with E-state index in [9.17, 15) is 13.6 Å². The molecule has 1 aliphatic heterocycles. The highest BCUT2D eigenvalue weighted by molar-refractivity contribution is 5.94. The van der Waals surface area contributed by atoms with E-state index in [1.165, 1.54) is 31.4 Å². The third-order valence-corrected chi connectivity index (χ3v) is 9.36. The van der Waals surface area contributed by atoms with Crippen LogP contribution in [0.5, 0.6) is 5.75 Å². The van der Waals surface area contributed by atoms with E-state index in [2.05, 4.69) is 12.8 Å². The molecule has 7 rings (SSSR count). The summed E-state index contributed by atoms with van der Waals surface area (Å²) in [7, 11) is 0. The zero-order chi connectivity index (χ0) is 25.7. The lowest BCUT2D eigenvalue weighted by Gasteiger charge is -2.56. The number of carbonyl (C=O) groups is 1. The first-order valence-electron chi connectivity index (χ1n) is 13.9. The number of benzene rings is 2. The van der Waals surface area contributed by atoms with Crippen molar-refractivity contribution in [3.63, 3.8) is 0 Å². The Morgan fingerprint density at radius 2 is 1.68 bits per heavy atom. The molecule has 0 spiro atoms. The number of hydrogen-bond donors (Lipinski definition) is 0. The summed E-state index contributed by atoms with van der Waals surface area (Å²) in [6.07, 6.45) is 16.2. The molecule has 4 aliphatic carbocycles. The first-order valence-corrected chi connectivity index (χ1v) is 13.9. The highest BCUT2D eigenvalue weighted by Crippen LogP contribution is 2.57. The molecule has 3 nitrogen and oxygen atoms in total. The standard InChI is InChI=1S/C32H35F2NO2/c1-3-5-6-25-14-24-15-28(33)29(34)16-27(24)31(35(25)30(36)4-2)23-7-9-26(10-8-23)37-32-17-20-11-21(18-32)13-22(12-20)19-32/h2,7-10,15-16,20-22,25,31H,3,5-6,11-14,17-19H2,1H3/t20?,21?,22?,25-,31?,32?/m0/s1. The minimum absolute atomic E-state index is 0.0505. The van der Waals surface area contributed by atoms with Crippen LogP contribution in [0.1, 0.15) is 87.4 Å². The van der Waals surface area contributed by atoms with Crippen LogP contribution in [0.15, 0.2) is 36.4 Å². The van der Waals surface area contributed by atoms with Gasteiger partial charge < -0.3 is 9.64 Å². The molecule has 0 N–H and O–H groups in total. The van der Waals surface area contributed by atoms with E-state index in [4.69, 9.17) is 11.2 Å². The van der Waals surface area contributed by atoms with Crippen LogP contribution in [-0.2, 0) is 11.2 Å². The van der Waals surface area contributed by atoms with Crippen molar-refractivity contribution in [3.8, 4) is 18.1 Å². The maximum Gasteiger partial charge on any atom is 0.299 e. The number of nitrogens with zero attached hydrogens (tertiary/aromatic N) is 1. The molecule has 1 unspecified atom stereocenters. The summed E-state index contributed by atoms with van der Waals surface area (Å²) >= 11 is 0. The molecule has 37 heavy (non-hydrogen) atoms. The number of ether oxygens (including phenoxy) is 1. The fraction of sp³-hybridized carbons (Fsp3) is 0.531. The van der Waals surface area contributed by atoms with E-state index >= 15 is 0 Å². The van der Waals surface area contributed by atoms with Crippen molar-refractivity contribution < 1.29 is 18.3 Å². The molecule has 0 aromatic heterocycles. The van der Waals surface area contributed by atoms with E-state index in [-0.39, 0.29) is 11.6 Å². The third kappa shape index (κ3) is 4.43. The van der Waals surface area contributed by atoms with Gasteiger partial charge in [0, 0.05) is 6.04 Å². The van der Waals surface area contributed by atoms with Gasteiger partial charge in [0.05, 0.1) is 6.04 Å². The summed E-state index contributed by atoms with van der Waals surface area (Å²) in [6.45, 7) is 2.10. The van der Waals surface area contributed by atoms with Gasteiger partial charge in [-0.1, -0.05) is 31.9 Å². The monoisotopic (exact) mass is 503 g/mol. The molecule has 0 saturated heterocycles. The highest BCUT2D eigenvalue weighted by Gasteiger charge is 2.52. The van der Waals surface area contributed by atoms with Gasteiger partial charge in [-0.25, -0.2) is 8.78 Å². The normalized spacial score (nSPS) is 31.6. The molecule has 194 valence electrons. The molecule has 0 radical (unpaired) electrons. The Morgan fingerprint density at radius 3 is 2.27 bits per heavy atom. The number of halogens is 2. The zero-order valence-electron chi connectivity index (χ0n) is 21.5. The number of terminal acetylenes is 1. The molecular weight excluding hydrogens is 468 g/mol. The van der Waals surface area contributed by atoms with Crippen LogP contribution in [0.3, 0.4) is 0 Å². The second kappa shape index (κ2) is 9.46. The van der Waals surface area contributed by atoms with E-state index in [0.29, 0.717) is 12.0 Å². The molecule has 2 aromatic rings. The first-order chi connectivity index (χ1) is 17.9. The predicted octanol–water partition coefficient (Wildman–Crippen LogP) is 6.98. The molecule has 2 aromatic carbocycles.